The van der Waals surface area contributed by atoms with Crippen LogP contribution in [0.5, 0.6) is 0 Å². The molecule has 1 aromatic heterocycles. The summed E-state index contributed by atoms with van der Waals surface area (Å²) in [5.41, 5.74) is 6.84. The number of carbonyl (C=O) groups is 1. The minimum absolute atomic E-state index is 0.0600. The average Bonchev–Trinajstić information content (AvgIpc) is 3.00. The zero-order valence-electron chi connectivity index (χ0n) is 14.9. The van der Waals surface area contributed by atoms with Crippen LogP contribution < -0.4 is 5.73 Å². The van der Waals surface area contributed by atoms with Crippen molar-refractivity contribution in [2.45, 2.75) is 43.9 Å². The number of amides is 1. The summed E-state index contributed by atoms with van der Waals surface area (Å²) in [7, 11) is 0. The number of hydrogen-bond donors (Lipinski definition) is 1. The molecule has 0 bridgehead atoms. The summed E-state index contributed by atoms with van der Waals surface area (Å²) in [6, 6.07) is 7.80. The van der Waals surface area contributed by atoms with Crippen molar-refractivity contribution in [3.63, 3.8) is 0 Å². The molecule has 1 fully saturated rings. The van der Waals surface area contributed by atoms with Crippen LogP contribution >= 0.6 is 11.8 Å². The predicted molar refractivity (Wildman–Crippen MR) is 97.3 cm³/mol. The molecule has 0 spiro atoms. The molecule has 2 N–H and O–H groups in total. The van der Waals surface area contributed by atoms with Crippen molar-refractivity contribution in [2.24, 2.45) is 11.1 Å². The van der Waals surface area contributed by atoms with Gasteiger partial charge in [-0.05, 0) is 30.9 Å². The number of nitrogens with two attached hydrogens (primary N) is 1. The molecule has 2 aromatic rings. The average molecular weight is 360 g/mol. The fraction of sp³-hybridized carbons (Fsp3) is 0.500. The number of thioether (sulfide) groups is 1. The van der Waals surface area contributed by atoms with Crippen LogP contribution in [0.2, 0.25) is 0 Å². The second-order valence-electron chi connectivity index (χ2n) is 7.13. The van der Waals surface area contributed by atoms with Gasteiger partial charge in [0.2, 0.25) is 5.89 Å². The van der Waals surface area contributed by atoms with E-state index in [-0.39, 0.29) is 17.4 Å². The lowest BCUT2D eigenvalue weighted by Gasteiger charge is -2.42. The van der Waals surface area contributed by atoms with Crippen molar-refractivity contribution in [3.05, 3.63) is 41.5 Å². The van der Waals surface area contributed by atoms with Crippen molar-refractivity contribution in [2.75, 3.05) is 13.1 Å². The minimum atomic E-state index is -0.0721. The number of benzene rings is 1. The summed E-state index contributed by atoms with van der Waals surface area (Å²) in [5, 5.41) is 3.80. The predicted octanol–water partition coefficient (Wildman–Crippen LogP) is 2.87. The van der Waals surface area contributed by atoms with E-state index in [1.165, 1.54) is 11.8 Å². The summed E-state index contributed by atoms with van der Waals surface area (Å²) in [6.07, 6.45) is 0.829. The molecule has 3 rings (SSSR count). The topological polar surface area (TPSA) is 85.2 Å². The van der Waals surface area contributed by atoms with Crippen LogP contribution in [0.15, 0.2) is 33.7 Å². The van der Waals surface area contributed by atoms with Crippen molar-refractivity contribution in [3.8, 4) is 0 Å². The normalized spacial score (nSPS) is 19.8. The molecule has 0 aliphatic carbocycles. The van der Waals surface area contributed by atoms with Gasteiger partial charge < -0.3 is 15.2 Å². The highest BCUT2D eigenvalue weighted by Gasteiger charge is 2.36. The van der Waals surface area contributed by atoms with E-state index in [0.717, 1.165) is 16.9 Å². The van der Waals surface area contributed by atoms with Gasteiger partial charge in [0.1, 0.15) is 0 Å². The van der Waals surface area contributed by atoms with Gasteiger partial charge in [-0.3, -0.25) is 4.79 Å². The number of carbonyl (C=O) groups excluding carboxylic acids is 1. The number of piperidine rings is 1. The molecule has 25 heavy (non-hydrogen) atoms. The summed E-state index contributed by atoms with van der Waals surface area (Å²) >= 11 is 1.54. The van der Waals surface area contributed by atoms with Crippen molar-refractivity contribution in [1.29, 1.82) is 0 Å². The first-order chi connectivity index (χ1) is 11.9. The van der Waals surface area contributed by atoms with E-state index in [9.17, 15) is 4.79 Å². The largest absolute Gasteiger partial charge is 0.338 e. The Morgan fingerprint density at radius 1 is 1.44 bits per heavy atom. The van der Waals surface area contributed by atoms with Crippen LogP contribution in [-0.2, 0) is 5.75 Å². The number of hydrogen-bond acceptors (Lipinski definition) is 6. The van der Waals surface area contributed by atoms with E-state index < -0.39 is 0 Å². The number of aryl methyl sites for hydroxylation is 1. The van der Waals surface area contributed by atoms with E-state index in [2.05, 4.69) is 24.0 Å². The van der Waals surface area contributed by atoms with E-state index in [1.54, 1.807) is 6.92 Å². The Kier molecular flexibility index (Phi) is 5.15. The molecule has 2 heterocycles. The SMILES string of the molecule is Cc1noc(CSc2ccccc2C(=O)N2CCC(N)C(C)(C)C2)n1. The molecule has 1 aliphatic rings. The van der Waals surface area contributed by atoms with E-state index in [1.807, 2.05) is 29.2 Å². The third kappa shape index (κ3) is 4.04. The molecular formula is C18H24N4O2S. The molecule has 1 atom stereocenters. The van der Waals surface area contributed by atoms with Crippen LogP contribution in [0, 0.1) is 12.3 Å². The number of aromatic nitrogens is 2. The Hall–Kier alpha value is -1.86. The molecule has 0 radical (unpaired) electrons. The second kappa shape index (κ2) is 7.17. The van der Waals surface area contributed by atoms with Gasteiger partial charge in [0, 0.05) is 24.0 Å². The Labute approximate surface area is 152 Å². The standard InChI is InChI=1S/C18H24N4O2S/c1-12-20-16(24-21-12)10-25-14-7-5-4-6-13(14)17(23)22-9-8-15(19)18(2,3)11-22/h4-7,15H,8-11,19H2,1-3H3. The van der Waals surface area contributed by atoms with Gasteiger partial charge >= 0.3 is 0 Å². The van der Waals surface area contributed by atoms with Crippen LogP contribution in [0.1, 0.15) is 42.3 Å². The number of likely N-dealkylation sites (tertiary alicyclic amines) is 1. The molecule has 1 aromatic carbocycles. The van der Waals surface area contributed by atoms with Gasteiger partial charge in [-0.1, -0.05) is 31.1 Å². The Morgan fingerprint density at radius 2 is 2.20 bits per heavy atom. The monoisotopic (exact) mass is 360 g/mol. The van der Waals surface area contributed by atoms with E-state index in [4.69, 9.17) is 10.3 Å². The van der Waals surface area contributed by atoms with Crippen LogP contribution in [0.3, 0.4) is 0 Å². The molecular weight excluding hydrogens is 336 g/mol. The summed E-state index contributed by atoms with van der Waals surface area (Å²) in [6.45, 7) is 7.41. The third-order valence-electron chi connectivity index (χ3n) is 4.64. The van der Waals surface area contributed by atoms with Gasteiger partial charge in [-0.2, -0.15) is 4.98 Å². The zero-order valence-corrected chi connectivity index (χ0v) is 15.7. The maximum atomic E-state index is 13.1. The maximum absolute atomic E-state index is 13.1. The van der Waals surface area contributed by atoms with Crippen LogP contribution in [0.4, 0.5) is 0 Å². The molecule has 6 nitrogen and oxygen atoms in total. The fourth-order valence-corrected chi connectivity index (χ4v) is 3.91. The van der Waals surface area contributed by atoms with Gasteiger partial charge in [0.15, 0.2) is 5.82 Å². The minimum Gasteiger partial charge on any atom is -0.338 e. The molecule has 7 heteroatoms. The summed E-state index contributed by atoms with van der Waals surface area (Å²) in [4.78, 5) is 20.1. The smallest absolute Gasteiger partial charge is 0.255 e. The lowest BCUT2D eigenvalue weighted by Crippen LogP contribution is -2.54. The van der Waals surface area contributed by atoms with Crippen LogP contribution in [0.25, 0.3) is 0 Å². The first kappa shape index (κ1) is 17.9. The Morgan fingerprint density at radius 3 is 2.88 bits per heavy atom. The molecule has 134 valence electrons. The lowest BCUT2D eigenvalue weighted by molar-refractivity contribution is 0.0529. The molecule has 0 saturated carbocycles. The van der Waals surface area contributed by atoms with Crippen LogP contribution in [-0.4, -0.2) is 40.1 Å². The molecule has 1 amide bonds. The number of nitrogens with zero attached hydrogens (tertiary/aromatic N) is 3. The summed E-state index contributed by atoms with van der Waals surface area (Å²) < 4.78 is 5.15. The highest BCUT2D eigenvalue weighted by atomic mass is 32.2. The van der Waals surface area contributed by atoms with Crippen molar-refractivity contribution in [1.82, 2.24) is 15.0 Å². The second-order valence-corrected chi connectivity index (χ2v) is 8.15. The zero-order chi connectivity index (χ0) is 18.0. The Balaban J connectivity index is 1.74. The lowest BCUT2D eigenvalue weighted by atomic mass is 9.79. The van der Waals surface area contributed by atoms with Gasteiger partial charge in [-0.15, -0.1) is 11.8 Å². The maximum Gasteiger partial charge on any atom is 0.255 e. The quantitative estimate of drug-likeness (QED) is 0.844. The first-order valence-corrected chi connectivity index (χ1v) is 9.41. The molecule has 1 aliphatic heterocycles. The van der Waals surface area contributed by atoms with E-state index >= 15 is 0 Å². The Bertz CT molecular complexity index is 759. The van der Waals surface area contributed by atoms with Crippen molar-refractivity contribution < 1.29 is 9.32 Å². The third-order valence-corrected chi connectivity index (χ3v) is 5.70. The molecule has 1 unspecified atom stereocenters. The highest BCUT2D eigenvalue weighted by Crippen LogP contribution is 2.31. The fourth-order valence-electron chi connectivity index (χ4n) is 3.02. The van der Waals surface area contributed by atoms with Gasteiger partial charge in [0.05, 0.1) is 11.3 Å². The van der Waals surface area contributed by atoms with Gasteiger partial charge in [-0.25, -0.2) is 0 Å². The van der Waals surface area contributed by atoms with E-state index in [0.29, 0.717) is 30.6 Å². The van der Waals surface area contributed by atoms with Gasteiger partial charge in [0.25, 0.3) is 5.91 Å². The number of rotatable bonds is 4. The first-order valence-electron chi connectivity index (χ1n) is 8.43. The highest BCUT2D eigenvalue weighted by molar-refractivity contribution is 7.98. The van der Waals surface area contributed by atoms with Crippen molar-refractivity contribution >= 4 is 17.7 Å². The summed E-state index contributed by atoms with van der Waals surface area (Å²) in [5.74, 6) is 1.79. The molecule has 1 saturated heterocycles.